The Kier molecular flexibility index (Phi) is 15.4. The number of benzene rings is 1. The van der Waals surface area contributed by atoms with Gasteiger partial charge in [0.2, 0.25) is 0 Å². The van der Waals surface area contributed by atoms with Gasteiger partial charge in [-0.3, -0.25) is 19.6 Å². The Morgan fingerprint density at radius 1 is 0.718 bits per heavy atom. The summed E-state index contributed by atoms with van der Waals surface area (Å²) in [5.41, 5.74) is 2.88. The molecule has 0 spiro atoms. The minimum atomic E-state index is -4.75. The second kappa shape index (κ2) is 20.7. The number of aryl methyl sites for hydroxylation is 2. The number of hydrogen-bond donors (Lipinski definition) is 4. The number of aliphatic carboxylic acids is 1. The maximum absolute atomic E-state index is 14.7. The molecule has 0 unspecified atom stereocenters. The maximum atomic E-state index is 14.7. The number of methoxy groups -OCH3 is 1. The van der Waals surface area contributed by atoms with Crippen molar-refractivity contribution in [3.63, 3.8) is 0 Å². The highest BCUT2D eigenvalue weighted by molar-refractivity contribution is 5.97. The lowest BCUT2D eigenvalue weighted by Gasteiger charge is -2.22. The molecule has 1 amide bonds. The average molecular weight is 1010 g/mol. The van der Waals surface area contributed by atoms with Gasteiger partial charge in [-0.25, -0.2) is 23.5 Å². The zero-order chi connectivity index (χ0) is 52.3. The van der Waals surface area contributed by atoms with E-state index in [4.69, 9.17) is 5.73 Å². The number of ether oxygens (including phenoxy) is 1. The number of nitrogens with one attached hydrogen (secondary N) is 2. The number of aromatic nitrogens is 6. The number of fused-ring (bicyclic) bond motifs is 2. The van der Waals surface area contributed by atoms with Crippen LogP contribution < -0.4 is 16.4 Å². The van der Waals surface area contributed by atoms with Gasteiger partial charge in [0.15, 0.2) is 0 Å². The summed E-state index contributed by atoms with van der Waals surface area (Å²) in [7, 11) is 1.24. The lowest BCUT2D eigenvalue weighted by Crippen LogP contribution is -2.43. The van der Waals surface area contributed by atoms with Crippen LogP contribution in [-0.2, 0) is 39.5 Å². The van der Waals surface area contributed by atoms with Crippen molar-refractivity contribution in [3.05, 3.63) is 137 Å². The fourth-order valence-corrected chi connectivity index (χ4v) is 7.67. The van der Waals surface area contributed by atoms with Crippen molar-refractivity contribution in [2.75, 3.05) is 12.4 Å². The molecule has 7 rings (SSSR count). The van der Waals surface area contributed by atoms with Crippen molar-refractivity contribution >= 4 is 34.8 Å². The number of amides is 1. The predicted molar refractivity (Wildman–Crippen MR) is 233 cm³/mol. The van der Waals surface area contributed by atoms with E-state index in [0.29, 0.717) is 23.5 Å². The van der Waals surface area contributed by atoms with Crippen molar-refractivity contribution in [2.45, 2.75) is 76.7 Å². The molecule has 0 saturated heterocycles. The molecule has 6 heterocycles. The summed E-state index contributed by atoms with van der Waals surface area (Å²) in [6, 6.07) is 4.33. The third-order valence-corrected chi connectivity index (χ3v) is 11.0. The highest BCUT2D eigenvalue weighted by Gasteiger charge is 2.40. The largest absolute Gasteiger partial charge is 0.480 e. The molecule has 0 aliphatic heterocycles. The van der Waals surface area contributed by atoms with Crippen LogP contribution in [0.1, 0.15) is 57.3 Å². The number of halogens is 11. The van der Waals surface area contributed by atoms with Crippen molar-refractivity contribution < 1.29 is 72.5 Å². The van der Waals surface area contributed by atoms with Crippen LogP contribution in [0.25, 0.3) is 33.8 Å². The molecule has 0 aliphatic carbocycles. The molecule has 0 aliphatic rings. The van der Waals surface area contributed by atoms with E-state index in [9.17, 15) is 67.8 Å². The normalized spacial score (nSPS) is 13.3. The number of carbonyl (C=O) groups excluding carboxylic acids is 2. The fourth-order valence-electron chi connectivity index (χ4n) is 7.67. The van der Waals surface area contributed by atoms with E-state index in [1.807, 2.05) is 10.6 Å². The molecule has 1 aromatic carbocycles. The zero-order valence-corrected chi connectivity index (χ0v) is 37.4. The van der Waals surface area contributed by atoms with Crippen LogP contribution in [0, 0.1) is 25.5 Å². The molecule has 3 atom stereocenters. The van der Waals surface area contributed by atoms with E-state index in [0.717, 1.165) is 0 Å². The molecule has 0 fully saturated rings. The molecule has 7 aromatic rings. The molecule has 5 N–H and O–H groups in total. The van der Waals surface area contributed by atoms with Gasteiger partial charge < -0.3 is 35.0 Å². The Hall–Kier alpha value is -7.70. The number of nitrogens with two attached hydrogens (primary N) is 1. The first-order chi connectivity index (χ1) is 33.3. The average Bonchev–Trinajstić information content (AvgIpc) is 3.98. The summed E-state index contributed by atoms with van der Waals surface area (Å²) in [6.45, 7) is 3.86. The lowest BCUT2D eigenvalue weighted by atomic mass is 10.0. The molecule has 376 valence electrons. The fraction of sp³-hybridized carbons (Fsp3) is 0.283. The van der Waals surface area contributed by atoms with Gasteiger partial charge in [0.05, 0.1) is 29.6 Å². The van der Waals surface area contributed by atoms with Gasteiger partial charge in [-0.2, -0.15) is 39.5 Å². The molecule has 6 aromatic heterocycles. The minimum absolute atomic E-state index is 0.00835. The number of rotatable bonds is 13. The monoisotopic (exact) mass is 1010 g/mol. The van der Waals surface area contributed by atoms with Gasteiger partial charge in [-0.05, 0) is 79.9 Å². The topological polar surface area (TPSA) is 191 Å². The van der Waals surface area contributed by atoms with Crippen molar-refractivity contribution in [1.82, 2.24) is 34.1 Å². The van der Waals surface area contributed by atoms with Crippen molar-refractivity contribution in [3.8, 4) is 22.5 Å². The Morgan fingerprint density at radius 3 is 1.59 bits per heavy atom. The van der Waals surface area contributed by atoms with Crippen LogP contribution in [0.2, 0.25) is 0 Å². The van der Waals surface area contributed by atoms with E-state index < -0.39 is 107 Å². The third-order valence-electron chi connectivity index (χ3n) is 11.0. The van der Waals surface area contributed by atoms with Crippen LogP contribution in [0.5, 0.6) is 0 Å². The predicted octanol–water partition coefficient (Wildman–Crippen LogP) is 8.95. The molecule has 0 bridgehead atoms. The van der Waals surface area contributed by atoms with Crippen LogP contribution >= 0.6 is 0 Å². The first-order valence-electron chi connectivity index (χ1n) is 20.9. The second-order valence-electron chi connectivity index (χ2n) is 15.8. The summed E-state index contributed by atoms with van der Waals surface area (Å²) >= 11 is 0. The van der Waals surface area contributed by atoms with E-state index in [-0.39, 0.29) is 45.7 Å². The van der Waals surface area contributed by atoms with E-state index in [1.165, 1.54) is 93.6 Å². The van der Waals surface area contributed by atoms with Gasteiger partial charge in [-0.1, -0.05) is 6.92 Å². The molecule has 0 saturated carbocycles. The van der Waals surface area contributed by atoms with Crippen LogP contribution in [0.3, 0.4) is 0 Å². The van der Waals surface area contributed by atoms with Gasteiger partial charge in [0, 0.05) is 78.2 Å². The number of esters is 1. The SMILES string of the molecule is CC[C@@H](Nc1cc(F)c(C(=O)N[C@@H](Cc2ccc(-c3nccc(C)c3C(F)(F)F)c3nccn23)C(=O)O)c(F)c1)C(F)(F)F.COC(=O)[C@@H](N)Cc1ccc(-c2nccc(C)c2C(F)(F)F)c2nccn12. The van der Waals surface area contributed by atoms with Gasteiger partial charge in [0.1, 0.15) is 46.6 Å². The maximum Gasteiger partial charge on any atom is 0.418 e. The smallest absolute Gasteiger partial charge is 0.418 e. The number of pyridine rings is 4. The Labute approximate surface area is 394 Å². The molecule has 0 radical (unpaired) electrons. The number of hydrogen-bond acceptors (Lipinski definition) is 10. The number of carbonyl (C=O) groups is 3. The van der Waals surface area contributed by atoms with Crippen LogP contribution in [-0.4, -0.2) is 83.1 Å². The number of carboxylic acids is 1. The lowest BCUT2D eigenvalue weighted by molar-refractivity contribution is -0.143. The Bertz CT molecular complexity index is 3090. The number of alkyl halides is 9. The highest BCUT2D eigenvalue weighted by Crippen LogP contribution is 2.41. The quantitative estimate of drug-likeness (QED) is 0.0637. The third kappa shape index (κ3) is 11.5. The summed E-state index contributed by atoms with van der Waals surface area (Å²) < 4.78 is 158. The van der Waals surface area contributed by atoms with Crippen LogP contribution in [0.15, 0.2) is 85.7 Å². The first kappa shape index (κ1) is 52.7. The van der Waals surface area contributed by atoms with Gasteiger partial charge >= 0.3 is 30.5 Å². The Morgan fingerprint density at radius 2 is 1.18 bits per heavy atom. The number of anilines is 1. The van der Waals surface area contributed by atoms with E-state index in [2.05, 4.69) is 24.7 Å². The number of imidazole rings is 2. The van der Waals surface area contributed by atoms with E-state index >= 15 is 0 Å². The molecular weight excluding hydrogens is 968 g/mol. The summed E-state index contributed by atoms with van der Waals surface area (Å²) in [6.07, 6.45) is -6.64. The van der Waals surface area contributed by atoms with Gasteiger partial charge in [0.25, 0.3) is 5.91 Å². The zero-order valence-electron chi connectivity index (χ0n) is 37.4. The number of carboxylic acid groups (broad SMARTS) is 1. The molecular formula is C46H40F11N9O5. The minimum Gasteiger partial charge on any atom is -0.480 e. The van der Waals surface area contributed by atoms with Crippen LogP contribution in [0.4, 0.5) is 54.0 Å². The van der Waals surface area contributed by atoms with Crippen molar-refractivity contribution in [1.29, 1.82) is 0 Å². The molecule has 25 heteroatoms. The Balaban J connectivity index is 0.000000261. The van der Waals surface area contributed by atoms with Gasteiger partial charge in [-0.15, -0.1) is 0 Å². The summed E-state index contributed by atoms with van der Waals surface area (Å²) in [5, 5.41) is 13.7. The molecule has 71 heavy (non-hydrogen) atoms. The van der Waals surface area contributed by atoms with E-state index in [1.54, 1.807) is 16.7 Å². The molecule has 14 nitrogen and oxygen atoms in total. The summed E-state index contributed by atoms with van der Waals surface area (Å²) in [5.74, 6) is -6.78. The van der Waals surface area contributed by atoms with Crippen molar-refractivity contribution in [2.24, 2.45) is 5.73 Å². The summed E-state index contributed by atoms with van der Waals surface area (Å²) in [4.78, 5) is 52.5. The highest BCUT2D eigenvalue weighted by atomic mass is 19.4. The second-order valence-corrected chi connectivity index (χ2v) is 15.8. The standard InChI is InChI=1S/C28H23F8N5O3.C18H17F3N4O2/c1-3-20(27(31,32)33)39-14-10-17(29)21(18(30)11-14)25(42)40-19(26(43)44)12-15-4-5-16(24-38-8-9-41(15)24)23-22(28(34,35)36)13(2)6-7-37-23;1-10-5-6-23-15(14(10)18(19,20)21)12-4-3-11(9-13(22)17(26)27-2)25-8-7-24-16(12)25/h4-11,19-20,39H,3,12H2,1-2H3,(H,40,42)(H,43,44);3-8,13H,9,22H2,1-2H3/t19-,20+;13-/m00/s1. The first-order valence-corrected chi connectivity index (χ1v) is 20.9. The number of nitrogens with zero attached hydrogens (tertiary/aromatic N) is 6.